The summed E-state index contributed by atoms with van der Waals surface area (Å²) in [5, 5.41) is 17.5. The first kappa shape index (κ1) is 14.1. The minimum atomic E-state index is -0.880. The third-order valence-corrected chi connectivity index (χ3v) is 2.24. The van der Waals surface area contributed by atoms with Crippen LogP contribution in [0, 0.1) is 0 Å². The van der Waals surface area contributed by atoms with Crippen molar-refractivity contribution in [3.8, 4) is 0 Å². The fraction of sp³-hybridized carbons (Fsp3) is 0.727. The van der Waals surface area contributed by atoms with Crippen LogP contribution in [0.1, 0.15) is 26.7 Å². The van der Waals surface area contributed by atoms with Crippen LogP contribution in [-0.2, 0) is 4.79 Å². The number of rotatable bonds is 8. The zero-order chi connectivity index (χ0) is 11.7. The molecule has 0 saturated carbocycles. The molecule has 88 valence electrons. The predicted octanol–water partition coefficient (Wildman–Crippen LogP) is 1.11. The Hall–Kier alpha value is -0.870. The van der Waals surface area contributed by atoms with Crippen molar-refractivity contribution < 1.29 is 15.0 Å². The van der Waals surface area contributed by atoms with Crippen LogP contribution in [0.3, 0.4) is 0 Å². The van der Waals surface area contributed by atoms with E-state index in [-0.39, 0.29) is 6.61 Å². The maximum Gasteiger partial charge on any atom is 0.330 e. The topological polar surface area (TPSA) is 60.8 Å². The summed E-state index contributed by atoms with van der Waals surface area (Å²) in [6.07, 6.45) is 3.86. The first-order valence-corrected chi connectivity index (χ1v) is 5.35. The van der Waals surface area contributed by atoms with E-state index in [1.54, 1.807) is 13.0 Å². The number of hydrogen-bond donors (Lipinski definition) is 2. The highest BCUT2D eigenvalue weighted by Gasteiger charge is 2.03. The van der Waals surface area contributed by atoms with Crippen LogP contribution in [0.2, 0.25) is 0 Å². The van der Waals surface area contributed by atoms with E-state index in [1.807, 2.05) is 0 Å². The smallest absolute Gasteiger partial charge is 0.330 e. The number of aliphatic hydroxyl groups excluding tert-OH is 1. The van der Waals surface area contributed by atoms with Gasteiger partial charge in [-0.1, -0.05) is 19.4 Å². The summed E-state index contributed by atoms with van der Waals surface area (Å²) in [6.45, 7) is 5.90. The number of aliphatic carboxylic acids is 1. The van der Waals surface area contributed by atoms with Crippen molar-refractivity contribution in [1.82, 2.24) is 4.90 Å². The molecule has 0 saturated heterocycles. The van der Waals surface area contributed by atoms with Crippen LogP contribution in [0.5, 0.6) is 0 Å². The summed E-state index contributed by atoms with van der Waals surface area (Å²) in [7, 11) is 0. The quantitative estimate of drug-likeness (QED) is 0.595. The normalized spacial score (nSPS) is 12.1. The molecule has 0 amide bonds. The van der Waals surface area contributed by atoms with Crippen LogP contribution in [0.4, 0.5) is 0 Å². The van der Waals surface area contributed by atoms with Crippen LogP contribution in [0.15, 0.2) is 11.6 Å². The van der Waals surface area contributed by atoms with Gasteiger partial charge in [0.2, 0.25) is 0 Å². The lowest BCUT2D eigenvalue weighted by Gasteiger charge is -2.19. The molecule has 15 heavy (non-hydrogen) atoms. The zero-order valence-electron chi connectivity index (χ0n) is 9.57. The first-order valence-electron chi connectivity index (χ1n) is 5.35. The lowest BCUT2D eigenvalue weighted by molar-refractivity contribution is -0.132. The highest BCUT2D eigenvalue weighted by Crippen LogP contribution is 1.98. The molecular weight excluding hydrogens is 194 g/mol. The standard InChI is InChI=1S/C11H21NO3/c1-3-4-6-12(8-9-13)7-5-10(2)11(14)15/h5,13H,3-4,6-9H2,1-2H3,(H,14,15). The van der Waals surface area contributed by atoms with E-state index in [9.17, 15) is 4.79 Å². The van der Waals surface area contributed by atoms with E-state index in [4.69, 9.17) is 10.2 Å². The van der Waals surface area contributed by atoms with Crippen LogP contribution >= 0.6 is 0 Å². The van der Waals surface area contributed by atoms with Crippen molar-refractivity contribution in [2.75, 3.05) is 26.2 Å². The molecule has 4 nitrogen and oxygen atoms in total. The summed E-state index contributed by atoms with van der Waals surface area (Å²) < 4.78 is 0. The molecule has 0 fully saturated rings. The van der Waals surface area contributed by atoms with E-state index in [1.165, 1.54) is 0 Å². The first-order chi connectivity index (χ1) is 7.11. The van der Waals surface area contributed by atoms with Crippen molar-refractivity contribution >= 4 is 5.97 Å². The highest BCUT2D eigenvalue weighted by atomic mass is 16.4. The molecule has 4 heteroatoms. The molecule has 0 aromatic heterocycles. The number of carboxylic acid groups (broad SMARTS) is 1. The van der Waals surface area contributed by atoms with Gasteiger partial charge in [0, 0.05) is 18.7 Å². The molecule has 0 heterocycles. The molecule has 0 bridgehead atoms. The number of aliphatic hydroxyl groups is 1. The molecule has 0 unspecified atom stereocenters. The Morgan fingerprint density at radius 2 is 2.07 bits per heavy atom. The molecule has 0 aliphatic rings. The number of carbonyl (C=O) groups is 1. The van der Waals surface area contributed by atoms with Gasteiger partial charge >= 0.3 is 5.97 Å². The Morgan fingerprint density at radius 1 is 1.40 bits per heavy atom. The summed E-state index contributed by atoms with van der Waals surface area (Å²) in [5.41, 5.74) is 0.356. The molecule has 0 rings (SSSR count). The van der Waals surface area contributed by atoms with Gasteiger partial charge in [0.05, 0.1) is 6.61 Å². The Kier molecular flexibility index (Phi) is 7.95. The highest BCUT2D eigenvalue weighted by molar-refractivity contribution is 5.85. The van der Waals surface area contributed by atoms with Gasteiger partial charge in [0.1, 0.15) is 0 Å². The third-order valence-electron chi connectivity index (χ3n) is 2.24. The van der Waals surface area contributed by atoms with E-state index in [0.717, 1.165) is 19.4 Å². The number of hydrogen-bond acceptors (Lipinski definition) is 3. The molecule has 0 aromatic rings. The van der Waals surface area contributed by atoms with Gasteiger partial charge in [-0.3, -0.25) is 4.90 Å². The fourth-order valence-corrected chi connectivity index (χ4v) is 1.17. The van der Waals surface area contributed by atoms with Gasteiger partial charge in [0.25, 0.3) is 0 Å². The minimum absolute atomic E-state index is 0.115. The average Bonchev–Trinajstić information content (AvgIpc) is 2.21. The van der Waals surface area contributed by atoms with Crippen molar-refractivity contribution in [3.05, 3.63) is 11.6 Å². The van der Waals surface area contributed by atoms with Gasteiger partial charge in [-0.15, -0.1) is 0 Å². The Bertz CT molecular complexity index is 214. The van der Waals surface area contributed by atoms with Crippen molar-refractivity contribution in [2.24, 2.45) is 0 Å². The van der Waals surface area contributed by atoms with Crippen LogP contribution in [-0.4, -0.2) is 47.3 Å². The molecule has 0 aliphatic heterocycles. The maximum atomic E-state index is 10.5. The molecule has 0 spiro atoms. The molecule has 0 atom stereocenters. The second kappa shape index (κ2) is 8.44. The Balaban J connectivity index is 4.04. The monoisotopic (exact) mass is 215 g/mol. The largest absolute Gasteiger partial charge is 0.478 e. The lowest BCUT2D eigenvalue weighted by Crippen LogP contribution is -2.28. The van der Waals surface area contributed by atoms with Crippen molar-refractivity contribution in [2.45, 2.75) is 26.7 Å². The molecule has 0 aliphatic carbocycles. The summed E-state index contributed by atoms with van der Waals surface area (Å²) in [4.78, 5) is 12.6. The minimum Gasteiger partial charge on any atom is -0.478 e. The number of unbranched alkanes of at least 4 members (excludes halogenated alkanes) is 1. The van der Waals surface area contributed by atoms with Crippen LogP contribution in [0.25, 0.3) is 0 Å². The van der Waals surface area contributed by atoms with Gasteiger partial charge in [-0.05, 0) is 19.9 Å². The third kappa shape index (κ3) is 7.11. The lowest BCUT2D eigenvalue weighted by atomic mass is 10.2. The van der Waals surface area contributed by atoms with Crippen LogP contribution < -0.4 is 0 Å². The van der Waals surface area contributed by atoms with Crippen molar-refractivity contribution in [1.29, 1.82) is 0 Å². The predicted molar refractivity (Wildman–Crippen MR) is 59.8 cm³/mol. The van der Waals surface area contributed by atoms with E-state index < -0.39 is 5.97 Å². The summed E-state index contributed by atoms with van der Waals surface area (Å²) in [5.74, 6) is -0.880. The second-order valence-corrected chi connectivity index (χ2v) is 3.57. The molecule has 0 radical (unpaired) electrons. The van der Waals surface area contributed by atoms with Gasteiger partial charge in [-0.2, -0.15) is 0 Å². The van der Waals surface area contributed by atoms with E-state index in [0.29, 0.717) is 18.7 Å². The molecule has 2 N–H and O–H groups in total. The SMILES string of the molecule is CCCCN(CC=C(C)C(=O)O)CCO. The number of carboxylic acids is 1. The summed E-state index contributed by atoms with van der Waals surface area (Å²) >= 11 is 0. The van der Waals surface area contributed by atoms with Gasteiger partial charge in [0.15, 0.2) is 0 Å². The Morgan fingerprint density at radius 3 is 2.53 bits per heavy atom. The number of nitrogens with zero attached hydrogens (tertiary/aromatic N) is 1. The Labute approximate surface area is 91.2 Å². The fourth-order valence-electron chi connectivity index (χ4n) is 1.17. The van der Waals surface area contributed by atoms with Gasteiger partial charge in [-0.25, -0.2) is 4.79 Å². The summed E-state index contributed by atoms with van der Waals surface area (Å²) in [6, 6.07) is 0. The van der Waals surface area contributed by atoms with Crippen molar-refractivity contribution in [3.63, 3.8) is 0 Å². The second-order valence-electron chi connectivity index (χ2n) is 3.57. The van der Waals surface area contributed by atoms with E-state index >= 15 is 0 Å². The average molecular weight is 215 g/mol. The molecule has 0 aromatic carbocycles. The van der Waals surface area contributed by atoms with E-state index in [2.05, 4.69) is 11.8 Å². The van der Waals surface area contributed by atoms with Gasteiger partial charge < -0.3 is 10.2 Å². The molecular formula is C11H21NO3. The zero-order valence-corrected chi connectivity index (χ0v) is 9.57. The maximum absolute atomic E-state index is 10.5.